The number of carbonyl (C=O) groups is 1. The number of hydrogen-bond donors (Lipinski definition) is 1. The second kappa shape index (κ2) is 13.4. The van der Waals surface area contributed by atoms with Gasteiger partial charge >= 0.3 is 0 Å². The van der Waals surface area contributed by atoms with Crippen LogP contribution in [-0.2, 0) is 17.5 Å². The fourth-order valence-electron chi connectivity index (χ4n) is 5.83. The van der Waals surface area contributed by atoms with Gasteiger partial charge in [-0.3, -0.25) is 14.5 Å². The minimum atomic E-state index is -1.73. The van der Waals surface area contributed by atoms with Crippen LogP contribution in [0.25, 0.3) is 22.2 Å². The molecule has 2 aromatic heterocycles. The molecule has 0 spiro atoms. The van der Waals surface area contributed by atoms with E-state index in [1.165, 1.54) is 0 Å². The van der Waals surface area contributed by atoms with E-state index in [0.29, 0.717) is 28.5 Å². The van der Waals surface area contributed by atoms with Gasteiger partial charge in [0.1, 0.15) is 6.61 Å². The third kappa shape index (κ3) is 7.24. The molecule has 240 valence electrons. The Bertz CT molecular complexity index is 1910. The van der Waals surface area contributed by atoms with Crippen LogP contribution in [0.3, 0.4) is 0 Å². The van der Waals surface area contributed by atoms with E-state index in [-0.39, 0.29) is 43.4 Å². The number of ether oxygens (including phenoxy) is 1. The van der Waals surface area contributed by atoms with Gasteiger partial charge in [0.05, 0.1) is 34.4 Å². The fourth-order valence-corrected chi connectivity index (χ4v) is 6.64. The summed E-state index contributed by atoms with van der Waals surface area (Å²) in [5, 5.41) is 1.04. The van der Waals surface area contributed by atoms with Crippen molar-refractivity contribution in [2.75, 3.05) is 11.3 Å². The number of rotatable bonds is 4. The molecule has 0 radical (unpaired) electrons. The van der Waals surface area contributed by atoms with Gasteiger partial charge < -0.3 is 15.1 Å². The van der Waals surface area contributed by atoms with E-state index in [1.807, 2.05) is 79.4 Å². The van der Waals surface area contributed by atoms with Crippen LogP contribution in [0.4, 0.5) is 5.95 Å². The molecular weight excluding hydrogens is 598 g/mol. The third-order valence-electron chi connectivity index (χ3n) is 7.88. The molecule has 1 aliphatic rings. The lowest BCUT2D eigenvalue weighted by atomic mass is 9.87. The molecule has 2 atom stereocenters. The number of nitrogens with one attached hydrogen (secondary N) is 1. The summed E-state index contributed by atoms with van der Waals surface area (Å²) >= 11 is 0. The van der Waals surface area contributed by atoms with Gasteiger partial charge in [0.25, 0.3) is 5.91 Å². The maximum atomic E-state index is 14.4. The number of nitrogens with zero attached hydrogens (tertiary/aromatic N) is 4. The van der Waals surface area contributed by atoms with Gasteiger partial charge in [-0.1, -0.05) is 69.3 Å². The lowest BCUT2D eigenvalue weighted by Crippen LogP contribution is -2.45. The molecule has 0 aliphatic carbocycles. The summed E-state index contributed by atoms with van der Waals surface area (Å²) < 4.78 is 22.9. The Kier molecular flexibility index (Phi) is 9.50. The quantitative estimate of drug-likeness (QED) is 0.233. The highest BCUT2D eigenvalue weighted by Gasteiger charge is 2.31. The molecule has 0 fully saturated rings. The average Bonchev–Trinajstić information content (AvgIpc) is 3.01. The predicted molar refractivity (Wildman–Crippen MR) is 184 cm³/mol. The summed E-state index contributed by atoms with van der Waals surface area (Å²) in [5.74, 6) is 0.335. The molecule has 5 aromatic rings. The molecule has 1 unspecified atom stereocenters. The Morgan fingerprint density at radius 3 is 2.43 bits per heavy atom. The van der Waals surface area contributed by atoms with Crippen molar-refractivity contribution >= 4 is 33.7 Å². The van der Waals surface area contributed by atoms with Crippen LogP contribution < -0.4 is 9.46 Å². The van der Waals surface area contributed by atoms with Crippen LogP contribution in [0.15, 0.2) is 89.8 Å². The topological polar surface area (TPSA) is 129 Å². The van der Waals surface area contributed by atoms with E-state index >= 15 is 0 Å². The van der Waals surface area contributed by atoms with E-state index in [2.05, 4.69) is 30.5 Å². The number of carbonyl (C=O) groups excluding carboxylic acids is 1. The lowest BCUT2D eigenvalue weighted by molar-refractivity contribution is 0.0509. The summed E-state index contributed by atoms with van der Waals surface area (Å²) in [6.07, 6.45) is 0.665. The van der Waals surface area contributed by atoms with Crippen molar-refractivity contribution < 1.29 is 20.6 Å². The zero-order chi connectivity index (χ0) is 31.7. The normalized spacial score (nSPS) is 16.7. The van der Waals surface area contributed by atoms with E-state index in [1.54, 1.807) is 24.3 Å². The van der Waals surface area contributed by atoms with Crippen molar-refractivity contribution in [1.82, 2.24) is 19.9 Å². The Morgan fingerprint density at radius 1 is 0.935 bits per heavy atom. The predicted octanol–water partition coefficient (Wildman–Crippen LogP) is 6.70. The van der Waals surface area contributed by atoms with Gasteiger partial charge in [-0.05, 0) is 67.1 Å². The maximum absolute atomic E-state index is 14.4. The SMILES string of the molecule is Cc1cccc(C)c1-c1cc2nc(n1)NS(=O)c1cccc(c1)C(=O)N(Cc1ccc3ccccc3n1)[C@H](CC(C)(C)C)CO2.O.[HH]. The van der Waals surface area contributed by atoms with Crippen molar-refractivity contribution in [2.24, 2.45) is 5.41 Å². The highest BCUT2D eigenvalue weighted by molar-refractivity contribution is 7.86. The van der Waals surface area contributed by atoms with Crippen LogP contribution >= 0.6 is 0 Å². The number of aryl methyl sites for hydroxylation is 2. The molecule has 3 heterocycles. The maximum Gasteiger partial charge on any atom is 0.254 e. The van der Waals surface area contributed by atoms with Gasteiger partial charge in [-0.2, -0.15) is 4.98 Å². The number of benzene rings is 3. The fraction of sp³-hybridized carbons (Fsp3) is 0.278. The second-order valence-electron chi connectivity index (χ2n) is 12.7. The van der Waals surface area contributed by atoms with Gasteiger partial charge in [0, 0.05) is 24.0 Å². The second-order valence-corrected chi connectivity index (χ2v) is 14.0. The highest BCUT2D eigenvalue weighted by Crippen LogP contribution is 2.31. The van der Waals surface area contributed by atoms with Crippen molar-refractivity contribution in [1.29, 1.82) is 0 Å². The number of para-hydroxylation sites is 1. The Balaban J connectivity index is 0.00000250. The van der Waals surface area contributed by atoms with Crippen LogP contribution in [0, 0.1) is 19.3 Å². The zero-order valence-electron chi connectivity index (χ0n) is 26.7. The van der Waals surface area contributed by atoms with Gasteiger partial charge in [-0.15, -0.1) is 0 Å². The summed E-state index contributed by atoms with van der Waals surface area (Å²) in [7, 11) is -1.73. The van der Waals surface area contributed by atoms with Crippen LogP contribution in [0.2, 0.25) is 0 Å². The van der Waals surface area contributed by atoms with Crippen LogP contribution in [0.5, 0.6) is 5.88 Å². The van der Waals surface area contributed by atoms with Crippen molar-refractivity contribution in [3.05, 3.63) is 107 Å². The molecule has 0 saturated carbocycles. The van der Waals surface area contributed by atoms with Crippen LogP contribution in [0.1, 0.15) is 55.8 Å². The molecule has 1 aliphatic heterocycles. The number of amides is 1. The third-order valence-corrected chi connectivity index (χ3v) is 8.93. The minimum Gasteiger partial charge on any atom is -0.475 e. The molecule has 0 saturated heterocycles. The number of hydrogen-bond acceptors (Lipinski definition) is 6. The van der Waals surface area contributed by atoms with Crippen molar-refractivity contribution in [3.63, 3.8) is 0 Å². The first-order chi connectivity index (χ1) is 21.5. The number of aromatic nitrogens is 3. The molecule has 6 rings (SSSR count). The Labute approximate surface area is 273 Å². The largest absolute Gasteiger partial charge is 0.475 e. The molecule has 4 bridgehead atoms. The van der Waals surface area contributed by atoms with Crippen LogP contribution in [-0.4, -0.2) is 48.1 Å². The summed E-state index contributed by atoms with van der Waals surface area (Å²) in [6, 6.07) is 26.4. The Morgan fingerprint density at radius 2 is 1.67 bits per heavy atom. The first kappa shape index (κ1) is 32.7. The van der Waals surface area contributed by atoms with Gasteiger partial charge in [0.15, 0.2) is 11.0 Å². The van der Waals surface area contributed by atoms with E-state index in [9.17, 15) is 9.00 Å². The lowest BCUT2D eigenvalue weighted by Gasteiger charge is -2.35. The van der Waals surface area contributed by atoms with E-state index < -0.39 is 11.0 Å². The van der Waals surface area contributed by atoms with Crippen molar-refractivity contribution in [3.8, 4) is 17.1 Å². The number of fused-ring (bicyclic) bond motifs is 5. The molecule has 1 amide bonds. The Hall–Kier alpha value is -4.67. The monoisotopic (exact) mass is 639 g/mol. The van der Waals surface area contributed by atoms with Gasteiger partial charge in [0.2, 0.25) is 11.8 Å². The molecule has 3 aromatic carbocycles. The number of anilines is 1. The first-order valence-electron chi connectivity index (χ1n) is 15.1. The minimum absolute atomic E-state index is 0. The first-order valence-corrected chi connectivity index (χ1v) is 16.2. The number of pyridine rings is 1. The summed E-state index contributed by atoms with van der Waals surface area (Å²) in [6.45, 7) is 11.0. The summed E-state index contributed by atoms with van der Waals surface area (Å²) in [5.41, 5.74) is 5.70. The summed E-state index contributed by atoms with van der Waals surface area (Å²) in [4.78, 5) is 30.9. The van der Waals surface area contributed by atoms with E-state index in [0.717, 1.165) is 33.3 Å². The van der Waals surface area contributed by atoms with E-state index in [4.69, 9.17) is 14.7 Å². The standard InChI is InChI=1S/C36H37N5O3S.H2O.H2/c1-23-10-8-11-24(2)33(23)31-19-32-39-35(38-31)40-45(43)29-14-9-13-26(18-29)34(42)41(28(22-44-32)20-36(3,4)5)21-27-17-16-25-12-6-7-15-30(25)37-27;;/h6-19,28H,20-22H2,1-5H3,(H,38,39,40);1H2;1H/t28-,45?;;/m1../s1. The molecule has 10 heteroatoms. The molecule has 9 nitrogen and oxygen atoms in total. The smallest absolute Gasteiger partial charge is 0.254 e. The average molecular weight is 640 g/mol. The molecular formula is C36H41N5O4S. The molecule has 3 N–H and O–H groups in total. The van der Waals surface area contributed by atoms with Gasteiger partial charge in [-0.25, -0.2) is 9.19 Å². The zero-order valence-corrected chi connectivity index (χ0v) is 27.5. The van der Waals surface area contributed by atoms with Crippen molar-refractivity contribution in [2.45, 2.75) is 58.5 Å². The highest BCUT2D eigenvalue weighted by atomic mass is 32.2. The molecule has 46 heavy (non-hydrogen) atoms.